The number of hydrogen-bond acceptors (Lipinski definition) is 3. The number of aliphatic carboxylic acids is 1. The predicted octanol–water partition coefficient (Wildman–Crippen LogP) is 2.54. The standard InChI is InChI=1S/C17H22FNO3/c1-3-11(2)16(17(21)22)19-8-13(10-20)15(9-19)12-5-4-6-14(18)7-12/h4-7,10-11,13,15-16H,3,8-9H2,1-2H3,(H,21,22)/t11-,13+,15+,16+/m0/s1. The molecule has 0 radical (unpaired) electrons. The number of rotatable bonds is 6. The summed E-state index contributed by atoms with van der Waals surface area (Å²) in [5, 5.41) is 9.51. The third kappa shape index (κ3) is 3.35. The summed E-state index contributed by atoms with van der Waals surface area (Å²) in [6.45, 7) is 4.74. The Balaban J connectivity index is 2.25. The van der Waals surface area contributed by atoms with E-state index in [0.717, 1.165) is 18.3 Å². The van der Waals surface area contributed by atoms with Crippen LogP contribution in [0, 0.1) is 17.7 Å². The van der Waals surface area contributed by atoms with E-state index >= 15 is 0 Å². The Morgan fingerprint density at radius 3 is 2.77 bits per heavy atom. The molecule has 1 aromatic carbocycles. The summed E-state index contributed by atoms with van der Waals surface area (Å²) in [7, 11) is 0. The van der Waals surface area contributed by atoms with Crippen LogP contribution >= 0.6 is 0 Å². The lowest BCUT2D eigenvalue weighted by molar-refractivity contribution is -0.145. The summed E-state index contributed by atoms with van der Waals surface area (Å²) in [6, 6.07) is 5.62. The number of benzene rings is 1. The number of carbonyl (C=O) groups excluding carboxylic acids is 1. The number of halogens is 1. The highest BCUT2D eigenvalue weighted by atomic mass is 19.1. The summed E-state index contributed by atoms with van der Waals surface area (Å²) in [4.78, 5) is 24.8. The first-order valence-corrected chi connectivity index (χ1v) is 7.65. The fraction of sp³-hybridized carbons (Fsp3) is 0.529. The monoisotopic (exact) mass is 307 g/mol. The predicted molar refractivity (Wildman–Crippen MR) is 81.1 cm³/mol. The molecule has 2 rings (SSSR count). The van der Waals surface area contributed by atoms with Crippen LogP contribution in [-0.4, -0.2) is 41.4 Å². The lowest BCUT2D eigenvalue weighted by Crippen LogP contribution is -2.44. The van der Waals surface area contributed by atoms with Crippen molar-refractivity contribution in [2.45, 2.75) is 32.2 Å². The van der Waals surface area contributed by atoms with Gasteiger partial charge in [0.05, 0.1) is 0 Å². The number of carboxylic acids is 1. The van der Waals surface area contributed by atoms with Gasteiger partial charge in [0.1, 0.15) is 18.1 Å². The quantitative estimate of drug-likeness (QED) is 0.821. The summed E-state index contributed by atoms with van der Waals surface area (Å²) < 4.78 is 13.4. The van der Waals surface area contributed by atoms with Gasteiger partial charge in [0, 0.05) is 24.9 Å². The molecule has 120 valence electrons. The van der Waals surface area contributed by atoms with E-state index in [9.17, 15) is 19.1 Å². The van der Waals surface area contributed by atoms with Crippen LogP contribution in [0.1, 0.15) is 31.7 Å². The van der Waals surface area contributed by atoms with E-state index < -0.39 is 12.0 Å². The van der Waals surface area contributed by atoms with Crippen molar-refractivity contribution < 1.29 is 19.1 Å². The first-order chi connectivity index (χ1) is 10.5. The van der Waals surface area contributed by atoms with Crippen LogP contribution in [0.3, 0.4) is 0 Å². The smallest absolute Gasteiger partial charge is 0.321 e. The number of nitrogens with zero attached hydrogens (tertiary/aromatic N) is 1. The Morgan fingerprint density at radius 1 is 1.50 bits per heavy atom. The van der Waals surface area contributed by atoms with Crippen LogP contribution in [0.25, 0.3) is 0 Å². The fourth-order valence-corrected chi connectivity index (χ4v) is 3.30. The lowest BCUT2D eigenvalue weighted by Gasteiger charge is -2.28. The fourth-order valence-electron chi connectivity index (χ4n) is 3.30. The van der Waals surface area contributed by atoms with E-state index in [1.165, 1.54) is 12.1 Å². The molecule has 1 heterocycles. The molecular weight excluding hydrogens is 285 g/mol. The number of likely N-dealkylation sites (tertiary alicyclic amines) is 1. The first-order valence-electron chi connectivity index (χ1n) is 7.65. The highest BCUT2D eigenvalue weighted by molar-refractivity contribution is 5.74. The third-order valence-corrected chi connectivity index (χ3v) is 4.67. The summed E-state index contributed by atoms with van der Waals surface area (Å²) in [6.07, 6.45) is 1.62. The van der Waals surface area contributed by atoms with Crippen molar-refractivity contribution in [3.8, 4) is 0 Å². The molecule has 22 heavy (non-hydrogen) atoms. The van der Waals surface area contributed by atoms with E-state index in [4.69, 9.17) is 0 Å². The van der Waals surface area contributed by atoms with Gasteiger partial charge in [-0.3, -0.25) is 9.69 Å². The highest BCUT2D eigenvalue weighted by Gasteiger charge is 2.40. The van der Waals surface area contributed by atoms with Crippen molar-refractivity contribution in [2.24, 2.45) is 11.8 Å². The van der Waals surface area contributed by atoms with Gasteiger partial charge in [0.15, 0.2) is 0 Å². The maximum Gasteiger partial charge on any atom is 0.321 e. The van der Waals surface area contributed by atoms with Crippen molar-refractivity contribution >= 4 is 12.3 Å². The molecule has 0 spiro atoms. The molecule has 0 saturated carbocycles. The van der Waals surface area contributed by atoms with Gasteiger partial charge in [-0.2, -0.15) is 0 Å². The van der Waals surface area contributed by atoms with Crippen molar-refractivity contribution in [3.63, 3.8) is 0 Å². The molecule has 4 nitrogen and oxygen atoms in total. The number of aldehydes is 1. The Hall–Kier alpha value is -1.75. The van der Waals surface area contributed by atoms with Gasteiger partial charge in [-0.25, -0.2) is 4.39 Å². The minimum atomic E-state index is -0.862. The van der Waals surface area contributed by atoms with Gasteiger partial charge in [-0.1, -0.05) is 32.4 Å². The second-order valence-corrected chi connectivity index (χ2v) is 6.08. The van der Waals surface area contributed by atoms with Gasteiger partial charge in [-0.15, -0.1) is 0 Å². The average Bonchev–Trinajstić information content (AvgIpc) is 2.90. The summed E-state index contributed by atoms with van der Waals surface area (Å²) in [5.74, 6) is -1.65. The molecule has 1 aromatic rings. The van der Waals surface area contributed by atoms with E-state index in [2.05, 4.69) is 0 Å². The molecule has 4 atom stereocenters. The minimum absolute atomic E-state index is 0.00365. The maximum atomic E-state index is 13.4. The average molecular weight is 307 g/mol. The van der Waals surface area contributed by atoms with Crippen molar-refractivity contribution in [1.82, 2.24) is 4.90 Å². The summed E-state index contributed by atoms with van der Waals surface area (Å²) >= 11 is 0. The van der Waals surface area contributed by atoms with Gasteiger partial charge in [-0.05, 0) is 23.6 Å². The summed E-state index contributed by atoms with van der Waals surface area (Å²) in [5.41, 5.74) is 0.757. The molecule has 1 saturated heterocycles. The molecule has 1 fully saturated rings. The Morgan fingerprint density at radius 2 is 2.23 bits per heavy atom. The largest absolute Gasteiger partial charge is 0.480 e. The molecule has 0 bridgehead atoms. The molecule has 0 aliphatic carbocycles. The molecule has 5 heteroatoms. The number of hydrogen-bond donors (Lipinski definition) is 1. The van der Waals surface area contributed by atoms with Gasteiger partial charge >= 0.3 is 5.97 Å². The molecule has 0 aromatic heterocycles. The van der Waals surface area contributed by atoms with E-state index in [1.807, 2.05) is 18.7 Å². The zero-order valence-corrected chi connectivity index (χ0v) is 12.9. The molecule has 0 amide bonds. The normalized spacial score (nSPS) is 24.9. The molecular formula is C17H22FNO3. The van der Waals surface area contributed by atoms with Gasteiger partial charge in [0.25, 0.3) is 0 Å². The molecule has 1 aliphatic heterocycles. The first kappa shape index (κ1) is 16.6. The van der Waals surface area contributed by atoms with Crippen LogP contribution < -0.4 is 0 Å². The molecule has 0 unspecified atom stereocenters. The molecule has 1 aliphatic rings. The van der Waals surface area contributed by atoms with Gasteiger partial charge < -0.3 is 9.90 Å². The third-order valence-electron chi connectivity index (χ3n) is 4.67. The Bertz CT molecular complexity index is 548. The van der Waals surface area contributed by atoms with E-state index in [0.29, 0.717) is 13.1 Å². The Labute approximate surface area is 129 Å². The highest BCUT2D eigenvalue weighted by Crippen LogP contribution is 2.34. The number of carboxylic acid groups (broad SMARTS) is 1. The van der Waals surface area contributed by atoms with Gasteiger partial charge in [0.2, 0.25) is 0 Å². The van der Waals surface area contributed by atoms with E-state index in [-0.39, 0.29) is 23.6 Å². The van der Waals surface area contributed by atoms with Crippen molar-refractivity contribution in [2.75, 3.05) is 13.1 Å². The van der Waals surface area contributed by atoms with Crippen LogP contribution in [-0.2, 0) is 9.59 Å². The minimum Gasteiger partial charge on any atom is -0.480 e. The SMILES string of the molecule is CC[C@H](C)[C@H](C(=O)O)N1C[C@H](c2cccc(F)c2)[C@@H](C=O)C1. The van der Waals surface area contributed by atoms with E-state index in [1.54, 1.807) is 12.1 Å². The number of carbonyl (C=O) groups is 2. The lowest BCUT2D eigenvalue weighted by atomic mass is 9.90. The van der Waals surface area contributed by atoms with Crippen molar-refractivity contribution in [3.05, 3.63) is 35.6 Å². The second kappa shape index (κ2) is 7.01. The van der Waals surface area contributed by atoms with Crippen LogP contribution in [0.5, 0.6) is 0 Å². The Kier molecular flexibility index (Phi) is 5.29. The van der Waals surface area contributed by atoms with Crippen LogP contribution in [0.15, 0.2) is 24.3 Å². The maximum absolute atomic E-state index is 13.4. The van der Waals surface area contributed by atoms with Crippen LogP contribution in [0.4, 0.5) is 4.39 Å². The van der Waals surface area contributed by atoms with Crippen molar-refractivity contribution in [1.29, 1.82) is 0 Å². The second-order valence-electron chi connectivity index (χ2n) is 6.08. The zero-order chi connectivity index (χ0) is 16.3. The van der Waals surface area contributed by atoms with Crippen LogP contribution in [0.2, 0.25) is 0 Å². The topological polar surface area (TPSA) is 57.6 Å². The molecule has 1 N–H and O–H groups in total. The zero-order valence-electron chi connectivity index (χ0n) is 12.9.